The summed E-state index contributed by atoms with van der Waals surface area (Å²) < 4.78 is 0. The van der Waals surface area contributed by atoms with Gasteiger partial charge >= 0.3 is 0 Å². The largest absolute Gasteiger partial charge is 0.370 e. The number of hydrogen-bond donors (Lipinski definition) is 0. The van der Waals surface area contributed by atoms with Gasteiger partial charge in [0.15, 0.2) is 0 Å². The molecule has 2 aromatic rings. The maximum atomic E-state index is 3.46. The Hall–Kier alpha value is -1.28. The monoisotopic (exact) mass is 289 g/mol. The van der Waals surface area contributed by atoms with Gasteiger partial charge in [-0.2, -0.15) is 0 Å². The van der Waals surface area contributed by atoms with Crippen LogP contribution in [-0.2, 0) is 11.9 Å². The molecule has 17 heavy (non-hydrogen) atoms. The summed E-state index contributed by atoms with van der Waals surface area (Å²) in [5.74, 6) is 0. The van der Waals surface area contributed by atoms with Gasteiger partial charge in [0.25, 0.3) is 0 Å². The molecule has 0 unspecified atom stereocenters. The van der Waals surface area contributed by atoms with E-state index in [-0.39, 0.29) is 0 Å². The van der Waals surface area contributed by atoms with E-state index < -0.39 is 0 Å². The zero-order valence-corrected chi connectivity index (χ0v) is 11.5. The summed E-state index contributed by atoms with van der Waals surface area (Å²) in [6.07, 6.45) is 0. The third-order valence-electron chi connectivity index (χ3n) is 2.79. The fourth-order valence-corrected chi connectivity index (χ4v) is 2.16. The van der Waals surface area contributed by atoms with Crippen molar-refractivity contribution in [1.82, 2.24) is 0 Å². The van der Waals surface area contributed by atoms with E-state index >= 15 is 0 Å². The molecule has 0 saturated carbocycles. The van der Waals surface area contributed by atoms with Crippen LogP contribution in [0.4, 0.5) is 5.69 Å². The second-order valence-corrected chi connectivity index (χ2v) is 4.70. The Kier molecular flexibility index (Phi) is 4.21. The summed E-state index contributed by atoms with van der Waals surface area (Å²) in [5.41, 5.74) is 3.89. The van der Waals surface area contributed by atoms with E-state index in [0.29, 0.717) is 0 Å². The van der Waals surface area contributed by atoms with Crippen molar-refractivity contribution in [3.05, 3.63) is 65.7 Å². The van der Waals surface area contributed by atoms with Gasteiger partial charge in [0, 0.05) is 24.6 Å². The van der Waals surface area contributed by atoms with E-state index in [2.05, 4.69) is 76.4 Å². The fourth-order valence-electron chi connectivity index (χ4n) is 1.79. The highest BCUT2D eigenvalue weighted by atomic mass is 79.9. The topological polar surface area (TPSA) is 3.24 Å². The molecule has 0 spiro atoms. The first kappa shape index (κ1) is 12.2. The molecule has 0 amide bonds. The lowest BCUT2D eigenvalue weighted by Crippen LogP contribution is -2.16. The van der Waals surface area contributed by atoms with E-state index in [9.17, 15) is 0 Å². The number of hydrogen-bond acceptors (Lipinski definition) is 1. The molecule has 0 aromatic heterocycles. The summed E-state index contributed by atoms with van der Waals surface area (Å²) in [6, 6.07) is 19.2. The second-order valence-electron chi connectivity index (χ2n) is 4.14. The van der Waals surface area contributed by atoms with Crippen molar-refractivity contribution >= 4 is 21.6 Å². The summed E-state index contributed by atoms with van der Waals surface area (Å²) in [4.78, 5) is 2.26. The SMILES string of the molecule is CN(Cc1ccccc1)c1ccc(CBr)cc1. The molecule has 1 nitrogen and oxygen atoms in total. The number of alkyl halides is 1. The highest BCUT2D eigenvalue weighted by Gasteiger charge is 2.01. The quantitative estimate of drug-likeness (QED) is 0.762. The Morgan fingerprint density at radius 1 is 0.882 bits per heavy atom. The molecule has 0 aliphatic rings. The second kappa shape index (κ2) is 5.87. The molecule has 2 rings (SSSR count). The lowest BCUT2D eigenvalue weighted by Gasteiger charge is -2.19. The van der Waals surface area contributed by atoms with Gasteiger partial charge in [-0.25, -0.2) is 0 Å². The average molecular weight is 290 g/mol. The number of halogens is 1. The van der Waals surface area contributed by atoms with Gasteiger partial charge in [-0.05, 0) is 23.3 Å². The number of anilines is 1. The van der Waals surface area contributed by atoms with Crippen molar-refractivity contribution in [3.8, 4) is 0 Å². The zero-order chi connectivity index (χ0) is 12.1. The van der Waals surface area contributed by atoms with Gasteiger partial charge in [-0.3, -0.25) is 0 Å². The van der Waals surface area contributed by atoms with E-state index in [4.69, 9.17) is 0 Å². The van der Waals surface area contributed by atoms with Crippen LogP contribution in [0.15, 0.2) is 54.6 Å². The normalized spacial score (nSPS) is 10.2. The van der Waals surface area contributed by atoms with Crippen LogP contribution in [0, 0.1) is 0 Å². The van der Waals surface area contributed by atoms with Gasteiger partial charge in [-0.1, -0.05) is 58.4 Å². The summed E-state index contributed by atoms with van der Waals surface area (Å²) in [5, 5.41) is 0.912. The van der Waals surface area contributed by atoms with Crippen LogP contribution < -0.4 is 4.90 Å². The standard InChI is InChI=1S/C15H16BrN/c1-17(12-14-5-3-2-4-6-14)15-9-7-13(11-16)8-10-15/h2-10H,11-12H2,1H3. The molecule has 2 heteroatoms. The van der Waals surface area contributed by atoms with Gasteiger partial charge in [0.1, 0.15) is 0 Å². The van der Waals surface area contributed by atoms with Crippen LogP contribution in [0.25, 0.3) is 0 Å². The van der Waals surface area contributed by atoms with Crippen molar-refractivity contribution < 1.29 is 0 Å². The van der Waals surface area contributed by atoms with Gasteiger partial charge in [0.05, 0.1) is 0 Å². The zero-order valence-electron chi connectivity index (χ0n) is 9.94. The average Bonchev–Trinajstić information content (AvgIpc) is 2.40. The van der Waals surface area contributed by atoms with E-state index in [0.717, 1.165) is 11.9 Å². The maximum absolute atomic E-state index is 3.46. The molecule has 88 valence electrons. The minimum atomic E-state index is 0.912. The third-order valence-corrected chi connectivity index (χ3v) is 3.44. The van der Waals surface area contributed by atoms with E-state index in [1.807, 2.05) is 6.07 Å². The van der Waals surface area contributed by atoms with Crippen LogP contribution in [0.1, 0.15) is 11.1 Å². The van der Waals surface area contributed by atoms with Crippen molar-refractivity contribution in [2.24, 2.45) is 0 Å². The summed E-state index contributed by atoms with van der Waals surface area (Å²) >= 11 is 3.46. The predicted octanol–water partition coefficient (Wildman–Crippen LogP) is 4.22. The predicted molar refractivity (Wildman–Crippen MR) is 77.6 cm³/mol. The number of rotatable bonds is 4. The Labute approximate surface area is 111 Å². The van der Waals surface area contributed by atoms with Gasteiger partial charge < -0.3 is 4.90 Å². The lowest BCUT2D eigenvalue weighted by atomic mass is 10.2. The molecule has 0 radical (unpaired) electrons. The van der Waals surface area contributed by atoms with Gasteiger partial charge in [0.2, 0.25) is 0 Å². The molecule has 0 aliphatic carbocycles. The Balaban J connectivity index is 2.06. The molecule has 0 fully saturated rings. The van der Waals surface area contributed by atoms with Crippen molar-refractivity contribution in [3.63, 3.8) is 0 Å². The molecule has 0 saturated heterocycles. The fraction of sp³-hybridized carbons (Fsp3) is 0.200. The molecule has 2 aromatic carbocycles. The number of nitrogens with zero attached hydrogens (tertiary/aromatic N) is 1. The first-order valence-corrected chi connectivity index (χ1v) is 6.81. The van der Waals surface area contributed by atoms with Crippen LogP contribution in [0.3, 0.4) is 0 Å². The highest BCUT2D eigenvalue weighted by Crippen LogP contribution is 2.17. The smallest absolute Gasteiger partial charge is 0.0426 e. The molecule has 0 aliphatic heterocycles. The Bertz CT molecular complexity index is 450. The van der Waals surface area contributed by atoms with Crippen molar-refractivity contribution in [2.45, 2.75) is 11.9 Å². The van der Waals surface area contributed by atoms with Crippen LogP contribution in [-0.4, -0.2) is 7.05 Å². The first-order valence-electron chi connectivity index (χ1n) is 5.69. The molecule has 0 heterocycles. The Morgan fingerprint density at radius 2 is 1.53 bits per heavy atom. The van der Waals surface area contributed by atoms with Gasteiger partial charge in [-0.15, -0.1) is 0 Å². The van der Waals surface area contributed by atoms with Crippen molar-refractivity contribution in [2.75, 3.05) is 11.9 Å². The molecule has 0 atom stereocenters. The number of benzene rings is 2. The maximum Gasteiger partial charge on any atom is 0.0426 e. The Morgan fingerprint density at radius 3 is 2.12 bits per heavy atom. The minimum absolute atomic E-state index is 0.912. The van der Waals surface area contributed by atoms with E-state index in [1.165, 1.54) is 16.8 Å². The van der Waals surface area contributed by atoms with Crippen LogP contribution >= 0.6 is 15.9 Å². The van der Waals surface area contributed by atoms with Crippen LogP contribution in [0.5, 0.6) is 0 Å². The molecular formula is C15H16BrN. The lowest BCUT2D eigenvalue weighted by molar-refractivity contribution is 0.923. The molecule has 0 N–H and O–H groups in total. The minimum Gasteiger partial charge on any atom is -0.370 e. The molecule has 0 bridgehead atoms. The van der Waals surface area contributed by atoms with Crippen LogP contribution in [0.2, 0.25) is 0 Å². The van der Waals surface area contributed by atoms with Crippen molar-refractivity contribution in [1.29, 1.82) is 0 Å². The highest BCUT2D eigenvalue weighted by molar-refractivity contribution is 9.08. The summed E-state index contributed by atoms with van der Waals surface area (Å²) in [6.45, 7) is 0.939. The van der Waals surface area contributed by atoms with E-state index in [1.54, 1.807) is 0 Å². The first-order chi connectivity index (χ1) is 8.29. The third kappa shape index (κ3) is 3.34. The summed E-state index contributed by atoms with van der Waals surface area (Å²) in [7, 11) is 2.12. The molecular weight excluding hydrogens is 274 g/mol.